The third-order valence-corrected chi connectivity index (χ3v) is 5.72. The minimum atomic E-state index is -3.83. The zero-order valence-electron chi connectivity index (χ0n) is 15.6. The first-order valence-corrected chi connectivity index (χ1v) is 10.2. The Kier molecular flexibility index (Phi) is 6.05. The highest BCUT2D eigenvalue weighted by molar-refractivity contribution is 7.89. The topological polar surface area (TPSA) is 103 Å². The second-order valence-electron chi connectivity index (χ2n) is 6.21. The Hall–Kier alpha value is -2.78. The summed E-state index contributed by atoms with van der Waals surface area (Å²) in [6.07, 6.45) is 0. The standard InChI is InChI=1S/C19H22N2O6S/c1-13(21-28(23,24)16-6-4-15(25-2)5-7-16)19(22)20-12-14-3-8-17-18(11-14)27-10-9-26-17/h3-8,11,13,21H,9-10,12H2,1-2H3,(H,20,22)/t13-/m0/s1. The Balaban J connectivity index is 1.58. The van der Waals surface area contributed by atoms with E-state index in [1.807, 2.05) is 6.07 Å². The van der Waals surface area contributed by atoms with Gasteiger partial charge in [-0.1, -0.05) is 6.07 Å². The predicted molar refractivity (Wildman–Crippen MR) is 102 cm³/mol. The lowest BCUT2D eigenvalue weighted by atomic mass is 10.2. The van der Waals surface area contributed by atoms with Crippen LogP contribution in [0.2, 0.25) is 0 Å². The van der Waals surface area contributed by atoms with E-state index in [0.717, 1.165) is 5.56 Å². The molecule has 2 N–H and O–H groups in total. The van der Waals surface area contributed by atoms with E-state index in [9.17, 15) is 13.2 Å². The highest BCUT2D eigenvalue weighted by Gasteiger charge is 2.22. The quantitative estimate of drug-likeness (QED) is 0.722. The van der Waals surface area contributed by atoms with Gasteiger partial charge in [-0.25, -0.2) is 8.42 Å². The van der Waals surface area contributed by atoms with Crippen LogP contribution in [0.1, 0.15) is 12.5 Å². The minimum Gasteiger partial charge on any atom is -0.497 e. The van der Waals surface area contributed by atoms with Gasteiger partial charge in [-0.3, -0.25) is 4.79 Å². The van der Waals surface area contributed by atoms with Gasteiger partial charge in [0.25, 0.3) is 0 Å². The van der Waals surface area contributed by atoms with E-state index in [-0.39, 0.29) is 11.4 Å². The number of sulfonamides is 1. The molecule has 2 aromatic carbocycles. The number of ether oxygens (including phenoxy) is 3. The largest absolute Gasteiger partial charge is 0.497 e. The van der Waals surface area contributed by atoms with Crippen LogP contribution in [0.5, 0.6) is 17.2 Å². The molecule has 2 aromatic rings. The third kappa shape index (κ3) is 4.73. The summed E-state index contributed by atoms with van der Waals surface area (Å²) in [6, 6.07) is 10.4. The molecule has 28 heavy (non-hydrogen) atoms. The molecule has 150 valence electrons. The van der Waals surface area contributed by atoms with Crippen molar-refractivity contribution in [3.8, 4) is 17.2 Å². The maximum Gasteiger partial charge on any atom is 0.241 e. The molecule has 0 unspecified atom stereocenters. The molecule has 8 nitrogen and oxygen atoms in total. The van der Waals surface area contributed by atoms with Gasteiger partial charge in [0.2, 0.25) is 15.9 Å². The Bertz CT molecular complexity index is 943. The van der Waals surface area contributed by atoms with Gasteiger partial charge < -0.3 is 19.5 Å². The van der Waals surface area contributed by atoms with Crippen LogP contribution in [0.25, 0.3) is 0 Å². The number of amides is 1. The first-order chi connectivity index (χ1) is 13.4. The van der Waals surface area contributed by atoms with Crippen molar-refractivity contribution in [1.82, 2.24) is 10.0 Å². The molecule has 9 heteroatoms. The summed E-state index contributed by atoms with van der Waals surface area (Å²) >= 11 is 0. The number of carbonyl (C=O) groups is 1. The van der Waals surface area contributed by atoms with Gasteiger partial charge in [-0.15, -0.1) is 0 Å². The highest BCUT2D eigenvalue weighted by Crippen LogP contribution is 2.30. The third-order valence-electron chi connectivity index (χ3n) is 4.17. The SMILES string of the molecule is COc1ccc(S(=O)(=O)N[C@@H](C)C(=O)NCc2ccc3c(c2)OCCO3)cc1. The molecular formula is C19H22N2O6S. The number of methoxy groups -OCH3 is 1. The van der Waals surface area contributed by atoms with E-state index in [1.165, 1.54) is 26.2 Å². The van der Waals surface area contributed by atoms with E-state index in [4.69, 9.17) is 14.2 Å². The lowest BCUT2D eigenvalue weighted by Gasteiger charge is -2.19. The van der Waals surface area contributed by atoms with E-state index < -0.39 is 22.0 Å². The molecule has 0 saturated carbocycles. The van der Waals surface area contributed by atoms with Crippen molar-refractivity contribution in [3.63, 3.8) is 0 Å². The first kappa shape index (κ1) is 20.0. The second-order valence-corrected chi connectivity index (χ2v) is 7.93. The van der Waals surface area contributed by atoms with E-state index in [0.29, 0.717) is 30.5 Å². The number of benzene rings is 2. The number of hydrogen-bond donors (Lipinski definition) is 2. The van der Waals surface area contributed by atoms with Gasteiger partial charge in [0, 0.05) is 6.54 Å². The molecular weight excluding hydrogens is 384 g/mol. The summed E-state index contributed by atoms with van der Waals surface area (Å²) < 4.78 is 43.2. The van der Waals surface area contributed by atoms with Gasteiger partial charge in [0.05, 0.1) is 18.0 Å². The molecule has 3 rings (SSSR count). The molecule has 0 radical (unpaired) electrons. The fourth-order valence-electron chi connectivity index (χ4n) is 2.65. The number of nitrogens with one attached hydrogen (secondary N) is 2. The van der Waals surface area contributed by atoms with E-state index in [2.05, 4.69) is 10.0 Å². The highest BCUT2D eigenvalue weighted by atomic mass is 32.2. The summed E-state index contributed by atoms with van der Waals surface area (Å²) in [5, 5.41) is 2.72. The Labute approximate surface area is 163 Å². The number of hydrogen-bond acceptors (Lipinski definition) is 6. The summed E-state index contributed by atoms with van der Waals surface area (Å²) in [4.78, 5) is 12.4. The van der Waals surface area contributed by atoms with Crippen LogP contribution in [0.4, 0.5) is 0 Å². The van der Waals surface area contributed by atoms with Crippen molar-refractivity contribution in [2.45, 2.75) is 24.4 Å². The van der Waals surface area contributed by atoms with Gasteiger partial charge in [0.1, 0.15) is 19.0 Å². The van der Waals surface area contributed by atoms with Crippen LogP contribution in [0, 0.1) is 0 Å². The van der Waals surface area contributed by atoms with Crippen molar-refractivity contribution in [3.05, 3.63) is 48.0 Å². The van der Waals surface area contributed by atoms with Crippen LogP contribution in [-0.2, 0) is 21.4 Å². The molecule has 1 aliphatic rings. The zero-order chi connectivity index (χ0) is 20.1. The van der Waals surface area contributed by atoms with Crippen molar-refractivity contribution in [2.24, 2.45) is 0 Å². The molecule has 0 bridgehead atoms. The monoisotopic (exact) mass is 406 g/mol. The van der Waals surface area contributed by atoms with Crippen molar-refractivity contribution in [2.75, 3.05) is 20.3 Å². The molecule has 1 aliphatic heterocycles. The van der Waals surface area contributed by atoms with E-state index in [1.54, 1.807) is 24.3 Å². The minimum absolute atomic E-state index is 0.0554. The predicted octanol–water partition coefficient (Wildman–Crippen LogP) is 1.45. The lowest BCUT2D eigenvalue weighted by molar-refractivity contribution is -0.122. The Morgan fingerprint density at radius 3 is 2.46 bits per heavy atom. The average Bonchev–Trinajstić information content (AvgIpc) is 2.71. The number of fused-ring (bicyclic) bond motifs is 1. The van der Waals surface area contributed by atoms with Crippen LogP contribution in [0.15, 0.2) is 47.4 Å². The van der Waals surface area contributed by atoms with Crippen LogP contribution < -0.4 is 24.2 Å². The number of rotatable bonds is 7. The van der Waals surface area contributed by atoms with Gasteiger partial charge in [0.15, 0.2) is 11.5 Å². The fourth-order valence-corrected chi connectivity index (χ4v) is 3.85. The molecule has 0 spiro atoms. The maximum atomic E-state index is 12.4. The molecule has 0 aromatic heterocycles. The lowest BCUT2D eigenvalue weighted by Crippen LogP contribution is -2.44. The first-order valence-electron chi connectivity index (χ1n) is 8.71. The van der Waals surface area contributed by atoms with Gasteiger partial charge >= 0.3 is 0 Å². The Morgan fingerprint density at radius 1 is 1.11 bits per heavy atom. The van der Waals surface area contributed by atoms with Crippen LogP contribution >= 0.6 is 0 Å². The van der Waals surface area contributed by atoms with Crippen LogP contribution in [-0.4, -0.2) is 40.7 Å². The summed E-state index contributed by atoms with van der Waals surface area (Å²) in [7, 11) is -2.33. The molecule has 0 saturated heterocycles. The number of carbonyl (C=O) groups excluding carboxylic acids is 1. The Morgan fingerprint density at radius 2 is 1.79 bits per heavy atom. The fraction of sp³-hybridized carbons (Fsp3) is 0.316. The zero-order valence-corrected chi connectivity index (χ0v) is 16.4. The van der Waals surface area contributed by atoms with Crippen LogP contribution in [0.3, 0.4) is 0 Å². The molecule has 0 aliphatic carbocycles. The van der Waals surface area contributed by atoms with Gasteiger partial charge in [-0.05, 0) is 48.9 Å². The molecule has 1 atom stereocenters. The molecule has 0 fully saturated rings. The van der Waals surface area contributed by atoms with Crippen molar-refractivity contribution in [1.29, 1.82) is 0 Å². The summed E-state index contributed by atoms with van der Waals surface area (Å²) in [5.74, 6) is 1.41. The normalized spacial score (nSPS) is 14.2. The summed E-state index contributed by atoms with van der Waals surface area (Å²) in [5.41, 5.74) is 0.822. The molecule has 1 amide bonds. The molecule has 1 heterocycles. The second kappa shape index (κ2) is 8.49. The maximum absolute atomic E-state index is 12.4. The smallest absolute Gasteiger partial charge is 0.241 e. The summed E-state index contributed by atoms with van der Waals surface area (Å²) in [6.45, 7) is 2.71. The van der Waals surface area contributed by atoms with Crippen molar-refractivity contribution < 1.29 is 27.4 Å². The van der Waals surface area contributed by atoms with E-state index >= 15 is 0 Å². The van der Waals surface area contributed by atoms with Crippen molar-refractivity contribution >= 4 is 15.9 Å². The van der Waals surface area contributed by atoms with Gasteiger partial charge in [-0.2, -0.15) is 4.72 Å². The average molecular weight is 406 g/mol.